The fraction of sp³-hybridized carbons (Fsp3) is 0.130. The molecule has 168 valence electrons. The van der Waals surface area contributed by atoms with Crippen LogP contribution in [0.3, 0.4) is 0 Å². The number of halogens is 2. The summed E-state index contributed by atoms with van der Waals surface area (Å²) in [7, 11) is 0. The first kappa shape index (κ1) is 21.9. The normalized spacial score (nSPS) is 11.0. The Morgan fingerprint density at radius 1 is 1.15 bits per heavy atom. The van der Waals surface area contributed by atoms with Crippen LogP contribution in [0.4, 0.5) is 14.6 Å². The number of carbonyl (C=O) groups excluding carboxylic acids is 1. The Balaban J connectivity index is 1.67. The predicted octanol–water partition coefficient (Wildman–Crippen LogP) is 3.27. The molecule has 33 heavy (non-hydrogen) atoms. The molecule has 0 aliphatic rings. The van der Waals surface area contributed by atoms with Gasteiger partial charge in [-0.2, -0.15) is 5.10 Å². The lowest BCUT2D eigenvalue weighted by Crippen LogP contribution is -2.32. The summed E-state index contributed by atoms with van der Waals surface area (Å²) in [6, 6.07) is 9.43. The van der Waals surface area contributed by atoms with Crippen LogP contribution in [0.2, 0.25) is 0 Å². The van der Waals surface area contributed by atoms with E-state index >= 15 is 0 Å². The van der Waals surface area contributed by atoms with Crippen LogP contribution >= 0.6 is 0 Å². The number of rotatable bonds is 7. The molecule has 0 aliphatic heterocycles. The number of phenolic OH excluding ortho intramolecular Hbond substituents is 1. The van der Waals surface area contributed by atoms with E-state index in [1.165, 1.54) is 41.6 Å². The number of nitrogens with two attached hydrogens (primary N) is 1. The van der Waals surface area contributed by atoms with E-state index in [1.807, 2.05) is 0 Å². The van der Waals surface area contributed by atoms with E-state index in [4.69, 9.17) is 5.73 Å². The number of fused-ring (bicyclic) bond motifs is 1. The Hall–Kier alpha value is -4.34. The SMILES string of the molecule is C=CC(=O)N(CCn1nc(-c2cc(O)cc(F)c2)c2c(N)ncnc21)Cc1ccc(F)cc1. The second kappa shape index (κ2) is 9.03. The monoisotopic (exact) mass is 450 g/mol. The minimum Gasteiger partial charge on any atom is -0.508 e. The molecule has 0 radical (unpaired) electrons. The van der Waals surface area contributed by atoms with Crippen LogP contribution in [0.25, 0.3) is 22.3 Å². The van der Waals surface area contributed by atoms with Crippen molar-refractivity contribution in [3.8, 4) is 17.0 Å². The van der Waals surface area contributed by atoms with Crippen LogP contribution in [-0.4, -0.2) is 42.2 Å². The molecule has 0 saturated heterocycles. The number of nitrogens with zero attached hydrogens (tertiary/aromatic N) is 5. The van der Waals surface area contributed by atoms with Gasteiger partial charge in [-0.25, -0.2) is 23.4 Å². The number of hydrogen-bond donors (Lipinski definition) is 2. The van der Waals surface area contributed by atoms with Crippen molar-refractivity contribution >= 4 is 22.8 Å². The van der Waals surface area contributed by atoms with Gasteiger partial charge in [-0.15, -0.1) is 0 Å². The molecule has 1 amide bonds. The van der Waals surface area contributed by atoms with Gasteiger partial charge in [-0.3, -0.25) is 4.79 Å². The third-order valence-electron chi connectivity index (χ3n) is 5.07. The molecule has 2 aromatic carbocycles. The van der Waals surface area contributed by atoms with Crippen LogP contribution in [0.1, 0.15) is 5.56 Å². The van der Waals surface area contributed by atoms with Gasteiger partial charge in [0, 0.05) is 24.7 Å². The van der Waals surface area contributed by atoms with E-state index in [-0.39, 0.29) is 42.9 Å². The molecule has 0 saturated carbocycles. The molecular weight excluding hydrogens is 430 g/mol. The Bertz CT molecular complexity index is 1320. The predicted molar refractivity (Wildman–Crippen MR) is 119 cm³/mol. The quantitative estimate of drug-likeness (QED) is 0.418. The Kier molecular flexibility index (Phi) is 5.99. The second-order valence-electron chi connectivity index (χ2n) is 7.32. The van der Waals surface area contributed by atoms with Gasteiger partial charge in [0.2, 0.25) is 5.91 Å². The molecule has 2 heterocycles. The van der Waals surface area contributed by atoms with E-state index in [2.05, 4.69) is 21.6 Å². The zero-order valence-corrected chi connectivity index (χ0v) is 17.4. The van der Waals surface area contributed by atoms with Crippen molar-refractivity contribution in [3.63, 3.8) is 0 Å². The standard InChI is InChI=1S/C23H20F2N6O2/c1-2-19(33)30(12-14-3-5-16(24)6-4-14)7-8-31-23-20(22(26)27-13-28-23)21(29-31)15-9-17(25)11-18(32)10-15/h2-6,9-11,13,32H,1,7-8,12H2,(H2,26,27,28). The molecule has 0 atom stereocenters. The van der Waals surface area contributed by atoms with Crippen LogP contribution in [0, 0.1) is 11.6 Å². The molecule has 2 aromatic heterocycles. The summed E-state index contributed by atoms with van der Waals surface area (Å²) in [6.07, 6.45) is 2.49. The third-order valence-corrected chi connectivity index (χ3v) is 5.07. The fourth-order valence-electron chi connectivity index (χ4n) is 3.52. The number of benzene rings is 2. The minimum atomic E-state index is -0.634. The van der Waals surface area contributed by atoms with Crippen molar-refractivity contribution in [1.82, 2.24) is 24.6 Å². The molecule has 3 N–H and O–H groups in total. The van der Waals surface area contributed by atoms with E-state index in [0.717, 1.165) is 11.6 Å². The van der Waals surface area contributed by atoms with Gasteiger partial charge in [0.1, 0.15) is 35.2 Å². The number of carbonyl (C=O) groups is 1. The highest BCUT2D eigenvalue weighted by Gasteiger charge is 2.19. The maximum absolute atomic E-state index is 13.9. The minimum absolute atomic E-state index is 0.148. The number of aromatic hydroxyl groups is 1. The van der Waals surface area contributed by atoms with Gasteiger partial charge in [0.15, 0.2) is 5.65 Å². The number of nitrogen functional groups attached to an aromatic ring is 1. The summed E-state index contributed by atoms with van der Waals surface area (Å²) < 4.78 is 28.7. The highest BCUT2D eigenvalue weighted by atomic mass is 19.1. The first-order valence-corrected chi connectivity index (χ1v) is 9.98. The molecule has 8 nitrogen and oxygen atoms in total. The molecule has 0 aliphatic carbocycles. The van der Waals surface area contributed by atoms with E-state index < -0.39 is 5.82 Å². The summed E-state index contributed by atoms with van der Waals surface area (Å²) in [5, 5.41) is 14.7. The zero-order valence-electron chi connectivity index (χ0n) is 17.4. The molecule has 0 unspecified atom stereocenters. The van der Waals surface area contributed by atoms with Gasteiger partial charge >= 0.3 is 0 Å². The molecular formula is C23H20F2N6O2. The number of hydrogen-bond acceptors (Lipinski definition) is 6. The fourth-order valence-corrected chi connectivity index (χ4v) is 3.52. The maximum Gasteiger partial charge on any atom is 0.246 e. The average molecular weight is 450 g/mol. The van der Waals surface area contributed by atoms with Crippen molar-refractivity contribution in [2.75, 3.05) is 12.3 Å². The highest BCUT2D eigenvalue weighted by molar-refractivity contribution is 5.98. The van der Waals surface area contributed by atoms with Crippen LogP contribution < -0.4 is 5.73 Å². The summed E-state index contributed by atoms with van der Waals surface area (Å²) >= 11 is 0. The molecule has 4 aromatic rings. The topological polar surface area (TPSA) is 110 Å². The summed E-state index contributed by atoms with van der Waals surface area (Å²) in [6.45, 7) is 4.25. The number of aromatic nitrogens is 4. The Labute approximate surface area is 187 Å². The van der Waals surface area contributed by atoms with Crippen LogP contribution in [0.5, 0.6) is 5.75 Å². The van der Waals surface area contributed by atoms with Gasteiger partial charge in [-0.1, -0.05) is 18.7 Å². The molecule has 0 fully saturated rings. The van der Waals surface area contributed by atoms with Crippen molar-refractivity contribution < 1.29 is 18.7 Å². The van der Waals surface area contributed by atoms with Crippen molar-refractivity contribution in [2.24, 2.45) is 0 Å². The highest BCUT2D eigenvalue weighted by Crippen LogP contribution is 2.32. The van der Waals surface area contributed by atoms with E-state index in [0.29, 0.717) is 22.3 Å². The Morgan fingerprint density at radius 3 is 2.61 bits per heavy atom. The largest absolute Gasteiger partial charge is 0.508 e. The molecule has 4 rings (SSSR count). The molecule has 0 spiro atoms. The van der Waals surface area contributed by atoms with E-state index in [1.54, 1.807) is 16.8 Å². The second-order valence-corrected chi connectivity index (χ2v) is 7.32. The number of amides is 1. The van der Waals surface area contributed by atoms with Crippen molar-refractivity contribution in [2.45, 2.75) is 13.1 Å². The summed E-state index contributed by atoms with van der Waals surface area (Å²) in [5.41, 5.74) is 7.81. The molecule has 0 bridgehead atoms. The molecule has 10 heteroatoms. The van der Waals surface area contributed by atoms with Crippen LogP contribution in [0.15, 0.2) is 61.4 Å². The maximum atomic E-state index is 13.9. The first-order valence-electron chi connectivity index (χ1n) is 9.98. The summed E-state index contributed by atoms with van der Waals surface area (Å²) in [4.78, 5) is 22.2. The van der Waals surface area contributed by atoms with Gasteiger partial charge in [0.25, 0.3) is 0 Å². The van der Waals surface area contributed by atoms with Gasteiger partial charge < -0.3 is 15.7 Å². The van der Waals surface area contributed by atoms with Crippen LogP contribution in [-0.2, 0) is 17.9 Å². The number of anilines is 1. The van der Waals surface area contributed by atoms with Gasteiger partial charge in [0.05, 0.1) is 11.9 Å². The summed E-state index contributed by atoms with van der Waals surface area (Å²) in [5.74, 6) is -1.41. The lowest BCUT2D eigenvalue weighted by atomic mass is 10.1. The van der Waals surface area contributed by atoms with E-state index in [9.17, 15) is 18.7 Å². The Morgan fingerprint density at radius 2 is 1.91 bits per heavy atom. The van der Waals surface area contributed by atoms with Gasteiger partial charge in [-0.05, 0) is 35.9 Å². The van der Waals surface area contributed by atoms with Crippen molar-refractivity contribution in [1.29, 1.82) is 0 Å². The first-order chi connectivity index (χ1) is 15.9. The lowest BCUT2D eigenvalue weighted by molar-refractivity contribution is -0.126. The van der Waals surface area contributed by atoms with Crippen molar-refractivity contribution in [3.05, 3.63) is 78.6 Å². The average Bonchev–Trinajstić information content (AvgIpc) is 3.17. The lowest BCUT2D eigenvalue weighted by Gasteiger charge is -2.21. The zero-order chi connectivity index (χ0) is 23.5. The third kappa shape index (κ3) is 4.64. The number of phenols is 1. The smallest absolute Gasteiger partial charge is 0.246 e.